The second kappa shape index (κ2) is 11.7. The van der Waals surface area contributed by atoms with E-state index in [-0.39, 0.29) is 5.91 Å². The molecule has 3 aromatic carbocycles. The molecule has 0 aliphatic heterocycles. The number of carbonyl (C=O) groups is 1. The van der Waals surface area contributed by atoms with Crippen molar-refractivity contribution >= 4 is 44.4 Å². The molecule has 1 aromatic heterocycles. The van der Waals surface area contributed by atoms with Gasteiger partial charge in [0.2, 0.25) is 5.91 Å². The zero-order valence-electron chi connectivity index (χ0n) is 19.2. The molecule has 0 aliphatic carbocycles. The zero-order valence-corrected chi connectivity index (χ0v) is 21.6. The van der Waals surface area contributed by atoms with E-state index in [2.05, 4.69) is 26.2 Å². The second-order valence-corrected chi connectivity index (χ2v) is 9.11. The number of anilines is 1. The third-order valence-electron chi connectivity index (χ3n) is 5.03. The molecule has 1 heterocycles. The largest absolute Gasteiger partial charge is 0.497 e. The highest BCUT2D eigenvalue weighted by atomic mass is 79.9. The molecule has 4 aromatic rings. The van der Waals surface area contributed by atoms with Crippen molar-refractivity contribution in [2.75, 3.05) is 19.5 Å². The highest BCUT2D eigenvalue weighted by Gasteiger charge is 2.12. The molecule has 178 valence electrons. The van der Waals surface area contributed by atoms with Crippen molar-refractivity contribution in [3.05, 3.63) is 93.8 Å². The monoisotopic (exact) mass is 550 g/mol. The number of aromatic nitrogens is 1. The average Bonchev–Trinajstić information content (AvgIpc) is 3.35. The minimum absolute atomic E-state index is 0.278. The van der Waals surface area contributed by atoms with E-state index in [1.165, 1.54) is 17.4 Å². The first kappa shape index (κ1) is 24.5. The van der Waals surface area contributed by atoms with Crippen LogP contribution in [0.3, 0.4) is 0 Å². The number of rotatable bonds is 9. The van der Waals surface area contributed by atoms with E-state index >= 15 is 0 Å². The maximum atomic E-state index is 12.5. The Bertz CT molecular complexity index is 1320. The van der Waals surface area contributed by atoms with Gasteiger partial charge in [0.15, 0.2) is 16.6 Å². The van der Waals surface area contributed by atoms with Gasteiger partial charge in [0.25, 0.3) is 0 Å². The van der Waals surface area contributed by atoms with Crippen LogP contribution in [0.2, 0.25) is 0 Å². The maximum Gasteiger partial charge on any atom is 0.250 e. The van der Waals surface area contributed by atoms with Crippen LogP contribution in [-0.2, 0) is 11.4 Å². The van der Waals surface area contributed by atoms with Gasteiger partial charge in [-0.25, -0.2) is 4.98 Å². The zero-order chi connectivity index (χ0) is 24.6. The van der Waals surface area contributed by atoms with Gasteiger partial charge in [-0.3, -0.25) is 10.1 Å². The molecule has 6 nitrogen and oxygen atoms in total. The first-order valence-corrected chi connectivity index (χ1v) is 12.4. The number of benzene rings is 3. The summed E-state index contributed by atoms with van der Waals surface area (Å²) in [6, 6.07) is 21.2. The number of hydrogen-bond acceptors (Lipinski definition) is 6. The summed E-state index contributed by atoms with van der Waals surface area (Å²) in [7, 11) is 3.21. The lowest BCUT2D eigenvalue weighted by Crippen LogP contribution is -2.07. The Morgan fingerprint density at radius 1 is 1.06 bits per heavy atom. The molecule has 0 bridgehead atoms. The molecule has 0 atom stereocenters. The van der Waals surface area contributed by atoms with Crippen LogP contribution in [0.25, 0.3) is 17.3 Å². The highest BCUT2D eigenvalue weighted by molar-refractivity contribution is 9.10. The van der Waals surface area contributed by atoms with Crippen molar-refractivity contribution < 1.29 is 19.0 Å². The lowest BCUT2D eigenvalue weighted by molar-refractivity contribution is -0.111. The van der Waals surface area contributed by atoms with Crippen LogP contribution in [0.5, 0.6) is 17.2 Å². The maximum absolute atomic E-state index is 12.5. The molecule has 1 amide bonds. The number of hydrogen-bond donors (Lipinski definition) is 1. The average molecular weight is 551 g/mol. The van der Waals surface area contributed by atoms with Gasteiger partial charge in [0.05, 0.1) is 24.4 Å². The summed E-state index contributed by atoms with van der Waals surface area (Å²) in [5.41, 5.74) is 3.58. The Balaban J connectivity index is 1.40. The minimum Gasteiger partial charge on any atom is -0.497 e. The Morgan fingerprint density at radius 3 is 2.54 bits per heavy atom. The van der Waals surface area contributed by atoms with Crippen molar-refractivity contribution in [3.8, 4) is 28.5 Å². The van der Waals surface area contributed by atoms with Crippen LogP contribution in [0.4, 0.5) is 5.13 Å². The molecule has 0 spiro atoms. The van der Waals surface area contributed by atoms with E-state index < -0.39 is 0 Å². The van der Waals surface area contributed by atoms with E-state index in [1.807, 2.05) is 72.1 Å². The molecule has 0 radical (unpaired) electrons. The normalized spacial score (nSPS) is 10.8. The number of nitrogens with one attached hydrogen (secondary N) is 1. The lowest BCUT2D eigenvalue weighted by atomic mass is 10.2. The molecule has 0 saturated heterocycles. The van der Waals surface area contributed by atoms with Crippen LogP contribution in [-0.4, -0.2) is 25.1 Å². The molecule has 0 fully saturated rings. The van der Waals surface area contributed by atoms with Crippen LogP contribution in [0.1, 0.15) is 11.1 Å². The lowest BCUT2D eigenvalue weighted by Gasteiger charge is -2.13. The third kappa shape index (κ3) is 6.49. The van der Waals surface area contributed by atoms with E-state index in [4.69, 9.17) is 14.2 Å². The summed E-state index contributed by atoms with van der Waals surface area (Å²) in [6.07, 6.45) is 3.17. The van der Waals surface area contributed by atoms with Gasteiger partial charge in [0, 0.05) is 17.0 Å². The van der Waals surface area contributed by atoms with Crippen LogP contribution >= 0.6 is 27.3 Å². The van der Waals surface area contributed by atoms with Crippen molar-refractivity contribution in [2.45, 2.75) is 6.61 Å². The van der Waals surface area contributed by atoms with E-state index in [1.54, 1.807) is 20.3 Å². The number of nitrogens with zero attached hydrogens (tertiary/aromatic N) is 1. The number of halogens is 1. The van der Waals surface area contributed by atoms with Crippen LogP contribution < -0.4 is 19.5 Å². The SMILES string of the molecule is COc1ccc(-c2csc(NC(=O)/C=C/c3cc(Br)c(OCc4ccccc4)c(OC)c3)n2)cc1. The predicted molar refractivity (Wildman–Crippen MR) is 143 cm³/mol. The fraction of sp³-hybridized carbons (Fsp3) is 0.111. The summed E-state index contributed by atoms with van der Waals surface area (Å²) in [6.45, 7) is 0.416. The van der Waals surface area contributed by atoms with Crippen LogP contribution in [0, 0.1) is 0 Å². The van der Waals surface area contributed by atoms with Gasteiger partial charge in [-0.2, -0.15) is 0 Å². The Labute approximate surface area is 216 Å². The smallest absolute Gasteiger partial charge is 0.250 e. The van der Waals surface area contributed by atoms with Gasteiger partial charge in [-0.1, -0.05) is 30.3 Å². The van der Waals surface area contributed by atoms with Gasteiger partial charge in [-0.05, 0) is 69.5 Å². The summed E-state index contributed by atoms with van der Waals surface area (Å²) in [5.74, 6) is 1.67. The molecule has 0 saturated carbocycles. The summed E-state index contributed by atoms with van der Waals surface area (Å²) >= 11 is 4.92. The molecule has 35 heavy (non-hydrogen) atoms. The number of carbonyl (C=O) groups excluding carboxylic acids is 1. The summed E-state index contributed by atoms with van der Waals surface area (Å²) in [4.78, 5) is 17.0. The van der Waals surface area contributed by atoms with E-state index in [0.29, 0.717) is 23.2 Å². The topological polar surface area (TPSA) is 69.7 Å². The Hall–Kier alpha value is -3.62. The van der Waals surface area contributed by atoms with E-state index in [0.717, 1.165) is 32.6 Å². The fourth-order valence-electron chi connectivity index (χ4n) is 3.25. The van der Waals surface area contributed by atoms with Crippen LogP contribution in [0.15, 0.2) is 82.7 Å². The molecule has 8 heteroatoms. The third-order valence-corrected chi connectivity index (χ3v) is 6.37. The first-order valence-electron chi connectivity index (χ1n) is 10.7. The van der Waals surface area contributed by atoms with Crippen molar-refractivity contribution in [3.63, 3.8) is 0 Å². The van der Waals surface area contributed by atoms with Crippen molar-refractivity contribution in [2.24, 2.45) is 0 Å². The summed E-state index contributed by atoms with van der Waals surface area (Å²) < 4.78 is 17.4. The molecular formula is C27H23BrN2O4S. The second-order valence-electron chi connectivity index (χ2n) is 7.40. The molecular weight excluding hydrogens is 528 g/mol. The Kier molecular flexibility index (Phi) is 8.18. The van der Waals surface area contributed by atoms with Gasteiger partial charge in [-0.15, -0.1) is 11.3 Å². The van der Waals surface area contributed by atoms with Crippen molar-refractivity contribution in [1.82, 2.24) is 4.98 Å². The number of methoxy groups -OCH3 is 2. The van der Waals surface area contributed by atoms with Crippen molar-refractivity contribution in [1.29, 1.82) is 0 Å². The predicted octanol–water partition coefficient (Wildman–Crippen LogP) is 6.82. The Morgan fingerprint density at radius 2 is 1.83 bits per heavy atom. The van der Waals surface area contributed by atoms with Gasteiger partial charge in [0.1, 0.15) is 12.4 Å². The molecule has 0 unspecified atom stereocenters. The number of ether oxygens (including phenoxy) is 3. The van der Waals surface area contributed by atoms with Gasteiger partial charge >= 0.3 is 0 Å². The standard InChI is InChI=1S/C27H23BrN2O4S/c1-32-21-11-9-20(10-12-21)23-17-35-27(29-23)30-25(31)13-8-19-14-22(28)26(24(15-19)33-2)34-16-18-6-4-3-5-7-18/h3-15,17H,16H2,1-2H3,(H,29,30,31)/b13-8+. The number of amides is 1. The molecule has 0 aliphatic rings. The first-order chi connectivity index (χ1) is 17.1. The summed E-state index contributed by atoms with van der Waals surface area (Å²) in [5, 5.41) is 5.23. The fourth-order valence-corrected chi connectivity index (χ4v) is 4.55. The van der Waals surface area contributed by atoms with E-state index in [9.17, 15) is 4.79 Å². The quantitative estimate of drug-likeness (QED) is 0.231. The molecule has 4 rings (SSSR count). The molecule has 1 N–H and O–H groups in total. The van der Waals surface area contributed by atoms with Gasteiger partial charge < -0.3 is 14.2 Å². The number of thiazole rings is 1. The minimum atomic E-state index is -0.278. The highest BCUT2D eigenvalue weighted by Crippen LogP contribution is 2.37.